The van der Waals surface area contributed by atoms with E-state index in [1.165, 1.54) is 6.07 Å². The van der Waals surface area contributed by atoms with Crippen molar-refractivity contribution in [3.05, 3.63) is 71.7 Å². The fraction of sp³-hybridized carbons (Fsp3) is 0.261. The lowest BCUT2D eigenvalue weighted by molar-refractivity contribution is -0.140. The Labute approximate surface area is 179 Å². The van der Waals surface area contributed by atoms with Gasteiger partial charge in [-0.25, -0.2) is 9.18 Å². The van der Waals surface area contributed by atoms with E-state index >= 15 is 0 Å². The number of nitrogens with two attached hydrogens (primary N) is 1. The molecule has 2 unspecified atom stereocenters. The summed E-state index contributed by atoms with van der Waals surface area (Å²) in [5.41, 5.74) is 8.68. The van der Waals surface area contributed by atoms with E-state index in [1.54, 1.807) is 17.0 Å². The average Bonchev–Trinajstić information content (AvgIpc) is 3.43. The summed E-state index contributed by atoms with van der Waals surface area (Å²) in [4.78, 5) is 17.1. The molecular weight excluding hydrogens is 399 g/mol. The van der Waals surface area contributed by atoms with Crippen LogP contribution in [-0.2, 0) is 4.79 Å². The van der Waals surface area contributed by atoms with Gasteiger partial charge in [-0.1, -0.05) is 54.5 Å². The Balaban J connectivity index is 1.52. The highest BCUT2D eigenvalue weighted by atomic mass is 19.1. The first-order valence-electron chi connectivity index (χ1n) is 10.1. The third-order valence-electron chi connectivity index (χ3n) is 5.59. The van der Waals surface area contributed by atoms with E-state index in [2.05, 4.69) is 10.1 Å². The molecule has 3 aromatic rings. The van der Waals surface area contributed by atoms with Crippen LogP contribution < -0.4 is 5.73 Å². The first kappa shape index (κ1) is 20.6. The largest absolute Gasteiger partial charge is 0.480 e. The number of halogens is 1. The number of hydrogen-bond acceptors (Lipinski definition) is 4. The van der Waals surface area contributed by atoms with Crippen molar-refractivity contribution in [3.8, 4) is 11.1 Å². The van der Waals surface area contributed by atoms with Gasteiger partial charge < -0.3 is 20.3 Å². The Morgan fingerprint density at radius 3 is 2.77 bits per heavy atom. The summed E-state index contributed by atoms with van der Waals surface area (Å²) in [5.74, 6) is -1.21. The lowest BCUT2D eigenvalue weighted by atomic mass is 9.95. The number of nitrogens with zero attached hydrogens (tertiary/aromatic N) is 3. The van der Waals surface area contributed by atoms with Gasteiger partial charge in [0.25, 0.3) is 5.88 Å². The van der Waals surface area contributed by atoms with Gasteiger partial charge in [-0.15, -0.1) is 0 Å². The van der Waals surface area contributed by atoms with E-state index in [9.17, 15) is 14.3 Å². The van der Waals surface area contributed by atoms with Crippen molar-refractivity contribution in [3.63, 3.8) is 0 Å². The van der Waals surface area contributed by atoms with Crippen LogP contribution in [0.3, 0.4) is 0 Å². The Hall–Kier alpha value is -3.68. The van der Waals surface area contributed by atoms with Crippen molar-refractivity contribution < 1.29 is 18.8 Å². The molecule has 1 saturated heterocycles. The lowest BCUT2D eigenvalue weighted by Gasteiger charge is -2.21. The van der Waals surface area contributed by atoms with Gasteiger partial charge in [-0.3, -0.25) is 0 Å². The third kappa shape index (κ3) is 4.28. The van der Waals surface area contributed by atoms with Crippen molar-refractivity contribution in [2.75, 3.05) is 6.54 Å². The molecule has 1 fully saturated rings. The molecule has 2 atom stereocenters. The van der Waals surface area contributed by atoms with Crippen LogP contribution in [0.4, 0.5) is 10.3 Å². The van der Waals surface area contributed by atoms with Crippen molar-refractivity contribution in [1.82, 2.24) is 10.1 Å². The summed E-state index contributed by atoms with van der Waals surface area (Å²) in [6, 6.07) is 15.4. The van der Waals surface area contributed by atoms with Crippen LogP contribution in [0.2, 0.25) is 0 Å². The third-order valence-corrected chi connectivity index (χ3v) is 5.59. The zero-order valence-electron chi connectivity index (χ0n) is 17.0. The normalized spacial score (nSPS) is 17.7. The summed E-state index contributed by atoms with van der Waals surface area (Å²) in [6.07, 6.45) is 1.26. The number of likely N-dealkylation sites (tertiary alicyclic amines) is 1. The van der Waals surface area contributed by atoms with E-state index in [-0.39, 0.29) is 23.6 Å². The summed E-state index contributed by atoms with van der Waals surface area (Å²) in [6.45, 7) is 2.42. The number of rotatable bonds is 5. The van der Waals surface area contributed by atoms with Crippen LogP contribution in [0.5, 0.6) is 0 Å². The number of carboxylic acid groups (broad SMARTS) is 1. The fourth-order valence-electron chi connectivity index (χ4n) is 3.83. The molecule has 1 aliphatic heterocycles. The van der Waals surface area contributed by atoms with E-state index in [0.29, 0.717) is 24.2 Å². The fourth-order valence-corrected chi connectivity index (χ4v) is 3.83. The molecule has 1 aromatic heterocycles. The number of aromatic nitrogens is 1. The smallest absolute Gasteiger partial charge is 0.326 e. The molecule has 2 aromatic carbocycles. The molecule has 0 bridgehead atoms. The highest BCUT2D eigenvalue weighted by Crippen LogP contribution is 2.30. The predicted octanol–water partition coefficient (Wildman–Crippen LogP) is 4.13. The maximum atomic E-state index is 14.7. The van der Waals surface area contributed by atoms with Crippen LogP contribution in [0, 0.1) is 5.82 Å². The van der Waals surface area contributed by atoms with Gasteiger partial charge in [-0.2, -0.15) is 4.99 Å². The average molecular weight is 422 g/mol. The molecule has 2 heterocycles. The molecule has 8 heteroatoms. The first-order chi connectivity index (χ1) is 14.9. The first-order valence-corrected chi connectivity index (χ1v) is 10.1. The second kappa shape index (κ2) is 8.59. The molecule has 0 spiro atoms. The van der Waals surface area contributed by atoms with E-state index in [4.69, 9.17) is 10.3 Å². The number of carbonyl (C=O) groups is 1. The molecule has 4 rings (SSSR count). The minimum absolute atomic E-state index is 0.0820. The highest BCUT2D eigenvalue weighted by molar-refractivity contribution is 5.86. The van der Waals surface area contributed by atoms with Crippen LogP contribution in [0.1, 0.15) is 36.9 Å². The number of guanidine groups is 1. The second-order valence-electron chi connectivity index (χ2n) is 7.58. The standard InChI is InChI=1S/C23H23FN4O3/c1-14(16-9-10-17(18(24)12-16)15-6-3-2-4-7-15)19-13-21(31-27-19)26-23(25)28-11-5-8-20(28)22(29)30/h2-4,6-7,9-10,12-14,20H,5,8,11H2,1H3,(H2,25,26)(H,29,30). The van der Waals surface area contributed by atoms with Crippen LogP contribution in [0.15, 0.2) is 64.1 Å². The van der Waals surface area contributed by atoms with E-state index in [0.717, 1.165) is 17.5 Å². The molecule has 1 aliphatic rings. The van der Waals surface area contributed by atoms with Gasteiger partial charge in [0.1, 0.15) is 11.9 Å². The Kier molecular flexibility index (Phi) is 5.70. The zero-order valence-corrected chi connectivity index (χ0v) is 17.0. The highest BCUT2D eigenvalue weighted by Gasteiger charge is 2.32. The van der Waals surface area contributed by atoms with Crippen LogP contribution in [-0.4, -0.2) is 39.7 Å². The van der Waals surface area contributed by atoms with Crippen LogP contribution in [0.25, 0.3) is 11.1 Å². The molecule has 0 radical (unpaired) electrons. The van der Waals surface area contributed by atoms with Gasteiger partial charge in [0.2, 0.25) is 0 Å². The van der Waals surface area contributed by atoms with Crippen molar-refractivity contribution >= 4 is 17.8 Å². The van der Waals surface area contributed by atoms with Crippen molar-refractivity contribution in [1.29, 1.82) is 0 Å². The minimum atomic E-state index is -0.927. The maximum absolute atomic E-state index is 14.7. The topological polar surface area (TPSA) is 105 Å². The summed E-state index contributed by atoms with van der Waals surface area (Å²) in [5, 5.41) is 13.3. The van der Waals surface area contributed by atoms with E-state index in [1.807, 2.05) is 43.3 Å². The maximum Gasteiger partial charge on any atom is 0.326 e. The van der Waals surface area contributed by atoms with Crippen molar-refractivity contribution in [2.45, 2.75) is 31.7 Å². The zero-order chi connectivity index (χ0) is 22.0. The number of hydrogen-bond donors (Lipinski definition) is 2. The Morgan fingerprint density at radius 2 is 2.06 bits per heavy atom. The van der Waals surface area contributed by atoms with Crippen LogP contribution >= 0.6 is 0 Å². The SMILES string of the molecule is CC(c1ccc(-c2ccccc2)c(F)c1)c1cc(N=C(N)N2CCCC2C(=O)O)on1. The molecule has 3 N–H and O–H groups in total. The van der Waals surface area contributed by atoms with Gasteiger partial charge in [-0.05, 0) is 30.0 Å². The molecule has 0 saturated carbocycles. The summed E-state index contributed by atoms with van der Waals surface area (Å²) in [7, 11) is 0. The van der Waals surface area contributed by atoms with Gasteiger partial charge in [0.05, 0.1) is 5.69 Å². The number of aliphatic imine (C=N–C) groups is 1. The Bertz CT molecular complexity index is 1110. The van der Waals surface area contributed by atoms with E-state index < -0.39 is 12.0 Å². The molecule has 7 nitrogen and oxygen atoms in total. The van der Waals surface area contributed by atoms with Crippen molar-refractivity contribution in [2.24, 2.45) is 10.7 Å². The molecule has 160 valence electrons. The van der Waals surface area contributed by atoms with Gasteiger partial charge in [0, 0.05) is 24.1 Å². The van der Waals surface area contributed by atoms with Gasteiger partial charge >= 0.3 is 5.97 Å². The number of carboxylic acids is 1. The molecule has 0 amide bonds. The molecule has 0 aliphatic carbocycles. The summed E-state index contributed by atoms with van der Waals surface area (Å²) >= 11 is 0. The molecular formula is C23H23FN4O3. The summed E-state index contributed by atoms with van der Waals surface area (Å²) < 4.78 is 20.0. The number of aliphatic carboxylic acids is 1. The second-order valence-corrected chi connectivity index (χ2v) is 7.58. The Morgan fingerprint density at radius 1 is 1.29 bits per heavy atom. The van der Waals surface area contributed by atoms with Gasteiger partial charge in [0.15, 0.2) is 5.96 Å². The monoisotopic (exact) mass is 422 g/mol. The number of benzene rings is 2. The quantitative estimate of drug-likeness (QED) is 0.473. The minimum Gasteiger partial charge on any atom is -0.480 e. The molecule has 31 heavy (non-hydrogen) atoms. The lowest BCUT2D eigenvalue weighted by Crippen LogP contribution is -2.44. The predicted molar refractivity (Wildman–Crippen MR) is 115 cm³/mol.